The zero-order valence-corrected chi connectivity index (χ0v) is 16.2. The molecule has 1 aromatic rings. The van der Waals surface area contributed by atoms with Gasteiger partial charge >= 0.3 is 0 Å². The van der Waals surface area contributed by atoms with Crippen molar-refractivity contribution >= 4 is 14.0 Å². The Labute approximate surface area is 137 Å². The number of nitrogens with two attached hydrogens (primary N) is 1. The van der Waals surface area contributed by atoms with Crippen LogP contribution < -0.4 is 10.5 Å². The van der Waals surface area contributed by atoms with Crippen molar-refractivity contribution in [3.63, 3.8) is 0 Å². The molecule has 0 aliphatic heterocycles. The van der Waals surface area contributed by atoms with Crippen LogP contribution in [-0.4, -0.2) is 21.5 Å². The van der Waals surface area contributed by atoms with Gasteiger partial charge in [0.2, 0.25) is 0 Å². The molecule has 0 atom stereocenters. The molecular formula is C18H33NO2Si. The Morgan fingerprint density at radius 3 is 2.41 bits per heavy atom. The van der Waals surface area contributed by atoms with Crippen LogP contribution in [0, 0.1) is 0 Å². The van der Waals surface area contributed by atoms with E-state index in [9.17, 15) is 0 Å². The lowest BCUT2D eigenvalue weighted by Crippen LogP contribution is -2.41. The molecule has 0 radical (unpaired) electrons. The van der Waals surface area contributed by atoms with Crippen molar-refractivity contribution in [2.24, 2.45) is 0 Å². The van der Waals surface area contributed by atoms with Crippen molar-refractivity contribution in [3.8, 4) is 5.75 Å². The van der Waals surface area contributed by atoms with Gasteiger partial charge in [-0.05, 0) is 54.7 Å². The lowest BCUT2D eigenvalue weighted by molar-refractivity contribution is 0.202. The van der Waals surface area contributed by atoms with Gasteiger partial charge in [0.25, 0.3) is 0 Å². The lowest BCUT2D eigenvalue weighted by Gasteiger charge is -2.36. The first-order chi connectivity index (χ1) is 10.2. The average Bonchev–Trinajstić information content (AvgIpc) is 2.41. The van der Waals surface area contributed by atoms with Crippen LogP contribution in [0.4, 0.5) is 5.69 Å². The Kier molecular flexibility index (Phi) is 6.94. The largest absolute Gasteiger partial charge is 0.491 e. The fourth-order valence-corrected chi connectivity index (χ4v) is 2.99. The summed E-state index contributed by atoms with van der Waals surface area (Å²) >= 11 is 0. The van der Waals surface area contributed by atoms with E-state index in [2.05, 4.69) is 40.8 Å². The molecule has 0 aromatic heterocycles. The van der Waals surface area contributed by atoms with Crippen molar-refractivity contribution in [3.05, 3.63) is 23.8 Å². The fourth-order valence-electron chi connectivity index (χ4n) is 1.97. The molecule has 0 unspecified atom stereocenters. The van der Waals surface area contributed by atoms with E-state index in [0.717, 1.165) is 24.3 Å². The van der Waals surface area contributed by atoms with E-state index >= 15 is 0 Å². The molecule has 3 nitrogen and oxygen atoms in total. The summed E-state index contributed by atoms with van der Waals surface area (Å²) in [6, 6.07) is 5.91. The molecule has 0 amide bonds. The van der Waals surface area contributed by atoms with Gasteiger partial charge in [-0.25, -0.2) is 0 Å². The second-order valence-electron chi connectivity index (χ2n) is 7.43. The van der Waals surface area contributed by atoms with Crippen molar-refractivity contribution in [2.75, 3.05) is 18.9 Å². The maximum atomic E-state index is 6.15. The quantitative estimate of drug-likeness (QED) is 0.415. The van der Waals surface area contributed by atoms with Crippen molar-refractivity contribution in [1.29, 1.82) is 0 Å². The van der Waals surface area contributed by atoms with Gasteiger partial charge in [-0.1, -0.05) is 34.1 Å². The Balaban J connectivity index is 2.55. The van der Waals surface area contributed by atoms with Crippen LogP contribution in [-0.2, 0) is 10.8 Å². The van der Waals surface area contributed by atoms with Crippen LogP contribution in [0.15, 0.2) is 18.2 Å². The lowest BCUT2D eigenvalue weighted by atomic mass is 10.1. The van der Waals surface area contributed by atoms with Crippen molar-refractivity contribution < 1.29 is 9.16 Å². The van der Waals surface area contributed by atoms with Crippen LogP contribution >= 0.6 is 0 Å². The first-order valence-electron chi connectivity index (χ1n) is 8.32. The van der Waals surface area contributed by atoms with E-state index < -0.39 is 8.32 Å². The summed E-state index contributed by atoms with van der Waals surface area (Å²) in [5.74, 6) is 0.946. The highest BCUT2D eigenvalue weighted by Crippen LogP contribution is 2.36. The number of hydrogen-bond donors (Lipinski definition) is 1. The number of rotatable bonds is 8. The molecule has 4 heteroatoms. The van der Waals surface area contributed by atoms with Gasteiger partial charge in [-0.15, -0.1) is 0 Å². The third-order valence-corrected chi connectivity index (χ3v) is 9.03. The number of anilines is 1. The van der Waals surface area contributed by atoms with Gasteiger partial charge in [-0.2, -0.15) is 0 Å². The summed E-state index contributed by atoms with van der Waals surface area (Å²) in [6.45, 7) is 14.7. The maximum absolute atomic E-state index is 6.15. The van der Waals surface area contributed by atoms with Gasteiger partial charge in [-0.3, -0.25) is 0 Å². The van der Waals surface area contributed by atoms with Gasteiger partial charge in [0.05, 0.1) is 6.61 Å². The zero-order chi connectivity index (χ0) is 16.8. The molecule has 0 aliphatic rings. The molecule has 0 spiro atoms. The highest BCUT2D eigenvalue weighted by Gasteiger charge is 2.36. The summed E-state index contributed by atoms with van der Waals surface area (Å²) in [6.07, 6.45) is 3.34. The number of unbranched alkanes of at least 4 members (excludes halogenated alkanes) is 1. The molecule has 126 valence electrons. The molecule has 0 bridgehead atoms. The smallest absolute Gasteiger partial charge is 0.192 e. The molecule has 0 saturated carbocycles. The van der Waals surface area contributed by atoms with E-state index in [1.54, 1.807) is 0 Å². The number of benzene rings is 1. The number of nitrogen functional groups attached to an aromatic ring is 1. The monoisotopic (exact) mass is 323 g/mol. The predicted octanol–water partition coefficient (Wildman–Crippen LogP) is 5.01. The van der Waals surface area contributed by atoms with Crippen LogP contribution in [0.25, 0.3) is 0 Å². The summed E-state index contributed by atoms with van der Waals surface area (Å²) in [5.41, 5.74) is 7.89. The average molecular weight is 324 g/mol. The van der Waals surface area contributed by atoms with E-state index in [0.29, 0.717) is 13.2 Å². The summed E-state index contributed by atoms with van der Waals surface area (Å²) in [7, 11) is -1.69. The third-order valence-electron chi connectivity index (χ3n) is 4.49. The Bertz CT molecular complexity index is 467. The van der Waals surface area contributed by atoms with Crippen LogP contribution in [0.5, 0.6) is 5.75 Å². The highest BCUT2D eigenvalue weighted by atomic mass is 28.4. The fraction of sp³-hybridized carbons (Fsp3) is 0.667. The number of hydrogen-bond acceptors (Lipinski definition) is 3. The van der Waals surface area contributed by atoms with E-state index in [-0.39, 0.29) is 5.04 Å². The van der Waals surface area contributed by atoms with E-state index in [1.165, 1.54) is 12.0 Å². The Morgan fingerprint density at radius 1 is 1.14 bits per heavy atom. The Hall–Kier alpha value is -1.00. The highest BCUT2D eigenvalue weighted by molar-refractivity contribution is 6.74. The topological polar surface area (TPSA) is 44.5 Å². The normalized spacial score (nSPS) is 12.5. The van der Waals surface area contributed by atoms with Crippen LogP contribution in [0.1, 0.15) is 46.1 Å². The molecule has 22 heavy (non-hydrogen) atoms. The van der Waals surface area contributed by atoms with Gasteiger partial charge < -0.3 is 14.9 Å². The molecule has 0 aliphatic carbocycles. The van der Waals surface area contributed by atoms with Gasteiger partial charge in [0.1, 0.15) is 12.4 Å². The van der Waals surface area contributed by atoms with Crippen LogP contribution in [0.2, 0.25) is 18.1 Å². The second kappa shape index (κ2) is 8.02. The SMILES string of the molecule is CCCCc1cc(N)ccc1OCCO[Si](C)(C)C(C)(C)C. The minimum absolute atomic E-state index is 0.237. The second-order valence-corrected chi connectivity index (χ2v) is 12.2. The minimum Gasteiger partial charge on any atom is -0.491 e. The van der Waals surface area contributed by atoms with Gasteiger partial charge in [0.15, 0.2) is 8.32 Å². The summed E-state index contributed by atoms with van der Waals surface area (Å²) in [5, 5.41) is 0.237. The predicted molar refractivity (Wildman–Crippen MR) is 98.1 cm³/mol. The first kappa shape index (κ1) is 19.0. The van der Waals surface area contributed by atoms with Crippen molar-refractivity contribution in [1.82, 2.24) is 0 Å². The van der Waals surface area contributed by atoms with Crippen LogP contribution in [0.3, 0.4) is 0 Å². The van der Waals surface area contributed by atoms with Gasteiger partial charge in [0, 0.05) is 5.69 Å². The number of aryl methyl sites for hydroxylation is 1. The summed E-state index contributed by atoms with van der Waals surface area (Å²) < 4.78 is 12.1. The number of ether oxygens (including phenoxy) is 1. The molecule has 0 fully saturated rings. The molecule has 2 N–H and O–H groups in total. The van der Waals surface area contributed by atoms with E-state index in [4.69, 9.17) is 14.9 Å². The zero-order valence-electron chi connectivity index (χ0n) is 15.2. The minimum atomic E-state index is -1.69. The maximum Gasteiger partial charge on any atom is 0.192 e. The van der Waals surface area contributed by atoms with E-state index in [1.807, 2.05) is 18.2 Å². The third kappa shape index (κ3) is 5.65. The molecule has 1 aromatic carbocycles. The molecule has 0 heterocycles. The molecule has 0 saturated heterocycles. The molecular weight excluding hydrogens is 290 g/mol. The van der Waals surface area contributed by atoms with Crippen molar-refractivity contribution in [2.45, 2.75) is 65.1 Å². The standard InChI is InChI=1S/C18H33NO2Si/c1-7-8-9-15-14-16(19)10-11-17(15)20-12-13-21-22(5,6)18(2,3)4/h10-11,14H,7-9,12-13,19H2,1-6H3. The summed E-state index contributed by atoms with van der Waals surface area (Å²) in [4.78, 5) is 0. The Morgan fingerprint density at radius 2 is 1.82 bits per heavy atom. The molecule has 1 rings (SSSR count). The first-order valence-corrected chi connectivity index (χ1v) is 11.2.